The van der Waals surface area contributed by atoms with Crippen LogP contribution in [-0.4, -0.2) is 30.1 Å². The van der Waals surface area contributed by atoms with Crippen molar-refractivity contribution in [3.05, 3.63) is 41.6 Å². The van der Waals surface area contributed by atoms with Crippen LogP contribution in [0.25, 0.3) is 10.9 Å². The molecule has 0 saturated heterocycles. The quantitative estimate of drug-likeness (QED) is 0.794. The molecule has 1 aromatic carbocycles. The predicted molar refractivity (Wildman–Crippen MR) is 91.8 cm³/mol. The van der Waals surface area contributed by atoms with Gasteiger partial charge in [0.25, 0.3) is 5.91 Å². The molecular weight excluding hydrogens is 288 g/mol. The van der Waals surface area contributed by atoms with Crippen molar-refractivity contribution < 1.29 is 9.53 Å². The molecule has 0 radical (unpaired) electrons. The van der Waals surface area contributed by atoms with Gasteiger partial charge in [0.1, 0.15) is 0 Å². The first-order chi connectivity index (χ1) is 11.1. The first-order valence-electron chi connectivity index (χ1n) is 8.44. The molecule has 1 heterocycles. The minimum atomic E-state index is -0.0185. The van der Waals surface area contributed by atoms with Crippen molar-refractivity contribution in [2.75, 3.05) is 13.2 Å². The zero-order valence-corrected chi connectivity index (χ0v) is 13.8. The number of carbonyl (C=O) groups is 1. The number of carbonyl (C=O) groups excluding carboxylic acids is 1. The average molecular weight is 312 g/mol. The second-order valence-corrected chi connectivity index (χ2v) is 6.42. The van der Waals surface area contributed by atoms with E-state index in [1.165, 1.54) is 12.8 Å². The Hall–Kier alpha value is -1.94. The van der Waals surface area contributed by atoms with Gasteiger partial charge in [0, 0.05) is 30.1 Å². The second-order valence-electron chi connectivity index (χ2n) is 6.42. The number of benzene rings is 1. The molecule has 0 atom stereocenters. The van der Waals surface area contributed by atoms with E-state index < -0.39 is 0 Å². The van der Waals surface area contributed by atoms with Crippen LogP contribution in [0, 0.1) is 0 Å². The van der Waals surface area contributed by atoms with Crippen molar-refractivity contribution in [3.8, 4) is 0 Å². The topological polar surface area (TPSA) is 51.2 Å². The maximum Gasteiger partial charge on any atom is 0.252 e. The summed E-state index contributed by atoms with van der Waals surface area (Å²) in [6.07, 6.45) is 3.41. The van der Waals surface area contributed by atoms with E-state index in [0.29, 0.717) is 19.1 Å². The molecule has 0 bridgehead atoms. The van der Waals surface area contributed by atoms with Crippen molar-refractivity contribution in [3.63, 3.8) is 0 Å². The summed E-state index contributed by atoms with van der Waals surface area (Å²) in [5, 5.41) is 3.93. The Labute approximate surface area is 137 Å². The van der Waals surface area contributed by atoms with Crippen molar-refractivity contribution in [1.29, 1.82) is 0 Å². The normalized spacial score (nSPS) is 14.4. The second kappa shape index (κ2) is 7.09. The maximum atomic E-state index is 12.6. The van der Waals surface area contributed by atoms with Gasteiger partial charge in [0.05, 0.1) is 17.2 Å². The number of nitrogens with one attached hydrogen (secondary N) is 1. The number of hydrogen-bond acceptors (Lipinski definition) is 3. The molecule has 0 unspecified atom stereocenters. The molecule has 1 saturated carbocycles. The number of fused-ring (bicyclic) bond motifs is 1. The smallest absolute Gasteiger partial charge is 0.252 e. The summed E-state index contributed by atoms with van der Waals surface area (Å²) in [6, 6.07) is 9.84. The summed E-state index contributed by atoms with van der Waals surface area (Å²) in [4.78, 5) is 17.3. The van der Waals surface area contributed by atoms with E-state index in [2.05, 4.69) is 5.32 Å². The van der Waals surface area contributed by atoms with Gasteiger partial charge in [0.15, 0.2) is 0 Å². The third-order valence-corrected chi connectivity index (χ3v) is 4.03. The Bertz CT molecular complexity index is 693. The largest absolute Gasteiger partial charge is 0.379 e. The number of rotatable bonds is 7. The van der Waals surface area contributed by atoms with Gasteiger partial charge in [-0.2, -0.15) is 0 Å². The predicted octanol–water partition coefficient (Wildman–Crippen LogP) is 3.66. The summed E-state index contributed by atoms with van der Waals surface area (Å²) in [5.74, 6) is 0.514. The highest BCUT2D eigenvalue weighted by Crippen LogP contribution is 2.40. The lowest BCUT2D eigenvalue weighted by molar-refractivity contribution is 0.0757. The zero-order chi connectivity index (χ0) is 16.2. The highest BCUT2D eigenvalue weighted by atomic mass is 16.5. The Balaban J connectivity index is 1.71. The number of hydrogen-bond donors (Lipinski definition) is 1. The fourth-order valence-electron chi connectivity index (χ4n) is 2.66. The van der Waals surface area contributed by atoms with E-state index in [-0.39, 0.29) is 12.0 Å². The number of aromatic nitrogens is 1. The van der Waals surface area contributed by atoms with Crippen LogP contribution in [0.1, 0.15) is 55.1 Å². The maximum absolute atomic E-state index is 12.6. The van der Waals surface area contributed by atoms with Crippen molar-refractivity contribution in [2.24, 2.45) is 0 Å². The average Bonchev–Trinajstić information content (AvgIpc) is 3.38. The number of amides is 1. The van der Waals surface area contributed by atoms with Crippen LogP contribution in [0.15, 0.2) is 30.3 Å². The summed E-state index contributed by atoms with van der Waals surface area (Å²) >= 11 is 0. The molecule has 3 rings (SSSR count). The lowest BCUT2D eigenvalue weighted by atomic mass is 10.1. The Morgan fingerprint density at radius 3 is 2.87 bits per heavy atom. The number of pyridine rings is 1. The van der Waals surface area contributed by atoms with Gasteiger partial charge < -0.3 is 10.1 Å². The summed E-state index contributed by atoms with van der Waals surface area (Å²) in [5.41, 5.74) is 2.70. The van der Waals surface area contributed by atoms with Crippen LogP contribution in [0.3, 0.4) is 0 Å². The van der Waals surface area contributed by atoms with E-state index in [4.69, 9.17) is 9.72 Å². The molecule has 0 aliphatic heterocycles. The van der Waals surface area contributed by atoms with E-state index >= 15 is 0 Å². The van der Waals surface area contributed by atoms with Crippen LogP contribution in [-0.2, 0) is 4.74 Å². The van der Waals surface area contributed by atoms with Crippen LogP contribution < -0.4 is 5.32 Å². The Morgan fingerprint density at radius 2 is 2.13 bits per heavy atom. The Kier molecular flexibility index (Phi) is 4.91. The molecule has 1 aromatic heterocycles. The molecule has 1 fully saturated rings. The van der Waals surface area contributed by atoms with E-state index in [9.17, 15) is 4.79 Å². The lowest BCUT2D eigenvalue weighted by Gasteiger charge is -2.11. The minimum Gasteiger partial charge on any atom is -0.379 e. The van der Waals surface area contributed by atoms with E-state index in [1.807, 2.05) is 44.2 Å². The monoisotopic (exact) mass is 312 g/mol. The zero-order valence-electron chi connectivity index (χ0n) is 13.8. The fourth-order valence-corrected chi connectivity index (χ4v) is 2.66. The van der Waals surface area contributed by atoms with Crippen molar-refractivity contribution in [1.82, 2.24) is 10.3 Å². The van der Waals surface area contributed by atoms with Crippen molar-refractivity contribution >= 4 is 16.8 Å². The number of ether oxygens (including phenoxy) is 1. The molecule has 1 amide bonds. The van der Waals surface area contributed by atoms with Gasteiger partial charge in [-0.05, 0) is 45.2 Å². The van der Waals surface area contributed by atoms with Gasteiger partial charge in [-0.1, -0.05) is 18.2 Å². The first kappa shape index (κ1) is 15.9. The van der Waals surface area contributed by atoms with E-state index in [1.54, 1.807) is 0 Å². The van der Waals surface area contributed by atoms with Gasteiger partial charge in [-0.3, -0.25) is 9.78 Å². The molecule has 2 aromatic rings. The van der Waals surface area contributed by atoms with Gasteiger partial charge in [-0.15, -0.1) is 0 Å². The molecule has 1 aliphatic rings. The highest BCUT2D eigenvalue weighted by Gasteiger charge is 2.26. The fraction of sp³-hybridized carbons (Fsp3) is 0.474. The molecule has 0 spiro atoms. The summed E-state index contributed by atoms with van der Waals surface area (Å²) in [7, 11) is 0. The van der Waals surface area contributed by atoms with Crippen LogP contribution in [0.2, 0.25) is 0 Å². The van der Waals surface area contributed by atoms with Gasteiger partial charge >= 0.3 is 0 Å². The number of para-hydroxylation sites is 1. The third kappa shape index (κ3) is 4.08. The third-order valence-electron chi connectivity index (χ3n) is 4.03. The molecule has 1 N–H and O–H groups in total. The van der Waals surface area contributed by atoms with E-state index in [0.717, 1.165) is 28.6 Å². The van der Waals surface area contributed by atoms with Gasteiger partial charge in [-0.25, -0.2) is 0 Å². The van der Waals surface area contributed by atoms with Crippen LogP contribution >= 0.6 is 0 Å². The van der Waals surface area contributed by atoms with Crippen LogP contribution in [0.4, 0.5) is 0 Å². The van der Waals surface area contributed by atoms with Gasteiger partial charge in [0.2, 0.25) is 0 Å². The molecule has 4 heteroatoms. The Morgan fingerprint density at radius 1 is 1.35 bits per heavy atom. The minimum absolute atomic E-state index is 0.0185. The first-order valence-corrected chi connectivity index (χ1v) is 8.44. The molecule has 122 valence electrons. The highest BCUT2D eigenvalue weighted by molar-refractivity contribution is 6.06. The summed E-state index contributed by atoms with van der Waals surface area (Å²) < 4.78 is 5.50. The summed E-state index contributed by atoms with van der Waals surface area (Å²) in [6.45, 7) is 5.32. The SMILES string of the molecule is CC(C)OCCCNC(=O)c1cc(C2CC2)nc2ccccc12. The van der Waals surface area contributed by atoms with Crippen LogP contribution in [0.5, 0.6) is 0 Å². The molecular formula is C19H24N2O2. The molecule has 23 heavy (non-hydrogen) atoms. The lowest BCUT2D eigenvalue weighted by Crippen LogP contribution is -2.26. The number of nitrogens with zero attached hydrogens (tertiary/aromatic N) is 1. The standard InChI is InChI=1S/C19H24N2O2/c1-13(2)23-11-5-10-20-19(22)16-12-18(14-8-9-14)21-17-7-4-3-6-15(16)17/h3-4,6-7,12-14H,5,8-11H2,1-2H3,(H,20,22). The molecule has 1 aliphatic carbocycles. The molecule has 4 nitrogen and oxygen atoms in total. The van der Waals surface area contributed by atoms with Crippen molar-refractivity contribution in [2.45, 2.75) is 45.1 Å².